The quantitative estimate of drug-likeness (QED) is 0.812. The molecule has 126 valence electrons. The summed E-state index contributed by atoms with van der Waals surface area (Å²) in [6.45, 7) is 0.297. The molecule has 0 bridgehead atoms. The van der Waals surface area contributed by atoms with Crippen molar-refractivity contribution in [2.24, 2.45) is 0 Å². The van der Waals surface area contributed by atoms with Crippen molar-refractivity contribution in [3.63, 3.8) is 0 Å². The zero-order valence-electron chi connectivity index (χ0n) is 13.3. The lowest BCUT2D eigenvalue weighted by Crippen LogP contribution is -2.36. The monoisotopic (exact) mass is 333 g/mol. The highest BCUT2D eigenvalue weighted by atomic mass is 19.4. The second kappa shape index (κ2) is 5.96. The van der Waals surface area contributed by atoms with Crippen molar-refractivity contribution in [3.8, 4) is 0 Å². The molecule has 0 aromatic heterocycles. The summed E-state index contributed by atoms with van der Waals surface area (Å²) in [5, 5.41) is 0. The fourth-order valence-electron chi connectivity index (χ4n) is 3.02. The molecule has 1 aliphatic rings. The molecule has 3 rings (SSSR count). The van der Waals surface area contributed by atoms with Crippen molar-refractivity contribution in [1.29, 1.82) is 0 Å². The van der Waals surface area contributed by atoms with E-state index in [0.29, 0.717) is 12.1 Å². The van der Waals surface area contributed by atoms with E-state index >= 15 is 0 Å². The maximum absolute atomic E-state index is 12.8. The Morgan fingerprint density at radius 1 is 1.04 bits per heavy atom. The van der Waals surface area contributed by atoms with Crippen LogP contribution in [-0.2, 0) is 22.9 Å². The van der Waals surface area contributed by atoms with Crippen molar-refractivity contribution in [2.45, 2.75) is 31.0 Å². The van der Waals surface area contributed by atoms with Gasteiger partial charge >= 0.3 is 6.18 Å². The Morgan fingerprint density at radius 2 is 1.62 bits per heavy atom. The lowest BCUT2D eigenvalue weighted by molar-refractivity contribution is -0.137. The average Bonchev–Trinajstić information content (AvgIpc) is 3.36. The standard InChI is InChI=1S/C19H18F3NO/c1-23(13-14-7-9-16(10-8-14)19(20,21)22)17(24)18(11-12-18)15-5-3-2-4-6-15/h2-10H,11-13H2,1H3. The number of nitrogens with zero attached hydrogens (tertiary/aromatic N) is 1. The highest BCUT2D eigenvalue weighted by molar-refractivity contribution is 5.91. The van der Waals surface area contributed by atoms with Crippen molar-refractivity contribution in [3.05, 3.63) is 71.3 Å². The molecule has 24 heavy (non-hydrogen) atoms. The van der Waals surface area contributed by atoms with Crippen LogP contribution in [0.25, 0.3) is 0 Å². The van der Waals surface area contributed by atoms with Crippen LogP contribution in [0.3, 0.4) is 0 Å². The minimum atomic E-state index is -4.34. The van der Waals surface area contributed by atoms with E-state index in [1.165, 1.54) is 12.1 Å². The van der Waals surface area contributed by atoms with E-state index in [1.807, 2.05) is 30.3 Å². The highest BCUT2D eigenvalue weighted by Crippen LogP contribution is 2.49. The molecule has 2 nitrogen and oxygen atoms in total. The Labute approximate surface area is 138 Å². The largest absolute Gasteiger partial charge is 0.416 e. The Kier molecular flexibility index (Phi) is 4.11. The van der Waals surface area contributed by atoms with Gasteiger partial charge in [0.05, 0.1) is 11.0 Å². The summed E-state index contributed by atoms with van der Waals surface area (Å²) in [5.41, 5.74) is 0.558. The maximum Gasteiger partial charge on any atom is 0.416 e. The van der Waals surface area contributed by atoms with Crippen LogP contribution in [0, 0.1) is 0 Å². The minimum absolute atomic E-state index is 0.0218. The van der Waals surface area contributed by atoms with Gasteiger partial charge in [0, 0.05) is 13.6 Å². The molecule has 1 aliphatic carbocycles. The molecule has 1 amide bonds. The molecular formula is C19H18F3NO. The van der Waals surface area contributed by atoms with Gasteiger partial charge in [-0.05, 0) is 36.1 Å². The van der Waals surface area contributed by atoms with Crippen LogP contribution in [0.4, 0.5) is 13.2 Å². The predicted octanol–water partition coefficient (Wildman–Crippen LogP) is 4.40. The molecule has 0 spiro atoms. The van der Waals surface area contributed by atoms with E-state index in [0.717, 1.165) is 30.5 Å². The SMILES string of the molecule is CN(Cc1ccc(C(F)(F)F)cc1)C(=O)C1(c2ccccc2)CC1. The van der Waals surface area contributed by atoms with Crippen molar-refractivity contribution in [1.82, 2.24) is 4.90 Å². The Hall–Kier alpha value is -2.30. The Morgan fingerprint density at radius 3 is 2.12 bits per heavy atom. The van der Waals surface area contributed by atoms with Crippen LogP contribution >= 0.6 is 0 Å². The zero-order valence-corrected chi connectivity index (χ0v) is 13.3. The number of hydrogen-bond donors (Lipinski definition) is 0. The second-order valence-corrected chi connectivity index (χ2v) is 6.30. The molecule has 5 heteroatoms. The summed E-state index contributed by atoms with van der Waals surface area (Å²) < 4.78 is 37.8. The van der Waals surface area contributed by atoms with E-state index in [4.69, 9.17) is 0 Å². The zero-order chi connectivity index (χ0) is 17.4. The first-order valence-corrected chi connectivity index (χ1v) is 7.80. The molecule has 0 unspecified atom stereocenters. The van der Waals surface area contributed by atoms with Crippen molar-refractivity contribution < 1.29 is 18.0 Å². The highest BCUT2D eigenvalue weighted by Gasteiger charge is 2.52. The lowest BCUT2D eigenvalue weighted by atomic mass is 9.94. The van der Waals surface area contributed by atoms with Crippen LogP contribution in [0.5, 0.6) is 0 Å². The smallest absolute Gasteiger partial charge is 0.341 e. The molecule has 2 aromatic carbocycles. The van der Waals surface area contributed by atoms with Gasteiger partial charge in [0.15, 0.2) is 0 Å². The van der Waals surface area contributed by atoms with Gasteiger partial charge in [-0.25, -0.2) is 0 Å². The van der Waals surface area contributed by atoms with Gasteiger partial charge in [0.1, 0.15) is 0 Å². The van der Waals surface area contributed by atoms with Gasteiger partial charge in [-0.2, -0.15) is 13.2 Å². The second-order valence-electron chi connectivity index (χ2n) is 6.30. The third-order valence-corrected chi connectivity index (χ3v) is 4.53. The molecule has 0 aliphatic heterocycles. The number of likely N-dealkylation sites (N-methyl/N-ethyl adjacent to an activating group) is 1. The van der Waals surface area contributed by atoms with Gasteiger partial charge in [0.25, 0.3) is 0 Å². The van der Waals surface area contributed by atoms with Crippen LogP contribution in [0.1, 0.15) is 29.5 Å². The van der Waals surface area contributed by atoms with E-state index in [1.54, 1.807) is 11.9 Å². The Balaban J connectivity index is 1.71. The molecule has 0 saturated heterocycles. The van der Waals surface area contributed by atoms with Gasteiger partial charge in [-0.1, -0.05) is 42.5 Å². The van der Waals surface area contributed by atoms with Crippen LogP contribution in [0.2, 0.25) is 0 Å². The summed E-state index contributed by atoms with van der Waals surface area (Å²) >= 11 is 0. The fraction of sp³-hybridized carbons (Fsp3) is 0.316. The molecular weight excluding hydrogens is 315 g/mol. The van der Waals surface area contributed by atoms with E-state index in [2.05, 4.69) is 0 Å². The van der Waals surface area contributed by atoms with Crippen molar-refractivity contribution in [2.75, 3.05) is 7.05 Å². The van der Waals surface area contributed by atoms with E-state index in [-0.39, 0.29) is 5.91 Å². The number of benzene rings is 2. The predicted molar refractivity (Wildman–Crippen MR) is 85.3 cm³/mol. The first kappa shape index (κ1) is 16.6. The van der Waals surface area contributed by atoms with Gasteiger partial charge in [-0.3, -0.25) is 4.79 Å². The molecule has 0 heterocycles. The minimum Gasteiger partial charge on any atom is -0.341 e. The number of rotatable bonds is 4. The van der Waals surface area contributed by atoms with E-state index in [9.17, 15) is 18.0 Å². The van der Waals surface area contributed by atoms with E-state index < -0.39 is 17.2 Å². The molecule has 0 N–H and O–H groups in total. The number of carbonyl (C=O) groups is 1. The molecule has 2 aromatic rings. The first-order chi connectivity index (χ1) is 11.3. The number of alkyl halides is 3. The average molecular weight is 333 g/mol. The number of carbonyl (C=O) groups excluding carboxylic acids is 1. The van der Waals surface area contributed by atoms with Crippen LogP contribution < -0.4 is 0 Å². The number of hydrogen-bond acceptors (Lipinski definition) is 1. The molecule has 0 atom stereocenters. The number of halogens is 3. The molecule has 1 fully saturated rings. The fourth-order valence-corrected chi connectivity index (χ4v) is 3.02. The summed E-state index contributed by atoms with van der Waals surface area (Å²) in [6, 6.07) is 14.6. The molecule has 1 saturated carbocycles. The topological polar surface area (TPSA) is 20.3 Å². The summed E-state index contributed by atoms with van der Waals surface area (Å²) in [4.78, 5) is 14.4. The summed E-state index contributed by atoms with van der Waals surface area (Å²) in [5.74, 6) is 0.0218. The van der Waals surface area contributed by atoms with Gasteiger partial charge < -0.3 is 4.90 Å². The third-order valence-electron chi connectivity index (χ3n) is 4.53. The van der Waals surface area contributed by atoms with Crippen molar-refractivity contribution >= 4 is 5.91 Å². The Bertz CT molecular complexity index is 719. The summed E-state index contributed by atoms with van der Waals surface area (Å²) in [7, 11) is 1.70. The summed E-state index contributed by atoms with van der Waals surface area (Å²) in [6.07, 6.45) is -2.72. The maximum atomic E-state index is 12.8. The lowest BCUT2D eigenvalue weighted by Gasteiger charge is -2.24. The number of amides is 1. The first-order valence-electron chi connectivity index (χ1n) is 7.80. The van der Waals surface area contributed by atoms with Gasteiger partial charge in [0.2, 0.25) is 5.91 Å². The van der Waals surface area contributed by atoms with Crippen LogP contribution in [0.15, 0.2) is 54.6 Å². The third kappa shape index (κ3) is 3.16. The molecule has 0 radical (unpaired) electrons. The normalized spacial score (nSPS) is 15.8. The van der Waals surface area contributed by atoms with Gasteiger partial charge in [-0.15, -0.1) is 0 Å². The van der Waals surface area contributed by atoms with Crippen LogP contribution in [-0.4, -0.2) is 17.9 Å².